The number of carbonyl (C=O) groups is 1. The third-order valence-corrected chi connectivity index (χ3v) is 3.23. The van der Waals surface area contributed by atoms with Gasteiger partial charge in [0.05, 0.1) is 22.9 Å². The number of fused-ring (bicyclic) bond motifs is 3. The van der Waals surface area contributed by atoms with E-state index in [0.717, 1.165) is 21.6 Å². The van der Waals surface area contributed by atoms with Crippen molar-refractivity contribution in [2.45, 2.75) is 6.92 Å². The van der Waals surface area contributed by atoms with E-state index in [4.69, 9.17) is 0 Å². The maximum absolute atomic E-state index is 11.0. The van der Waals surface area contributed by atoms with Gasteiger partial charge in [-0.15, -0.1) is 11.3 Å². The van der Waals surface area contributed by atoms with Gasteiger partial charge in [-0.25, -0.2) is 4.98 Å². The molecule has 0 spiro atoms. The Morgan fingerprint density at radius 3 is 3.12 bits per heavy atom. The zero-order chi connectivity index (χ0) is 11.1. The molecule has 0 atom stereocenters. The molecule has 0 fully saturated rings. The van der Waals surface area contributed by atoms with Crippen LogP contribution in [0.15, 0.2) is 29.9 Å². The first kappa shape index (κ1) is 9.35. The summed E-state index contributed by atoms with van der Waals surface area (Å²) in [6.07, 6.45) is 3.72. The van der Waals surface area contributed by atoms with Crippen molar-refractivity contribution in [3.63, 3.8) is 0 Å². The summed E-state index contributed by atoms with van der Waals surface area (Å²) in [7, 11) is 0. The summed E-state index contributed by atoms with van der Waals surface area (Å²) in [5.74, 6) is -0.0708. The van der Waals surface area contributed by atoms with Crippen LogP contribution in [-0.2, 0) is 4.79 Å². The van der Waals surface area contributed by atoms with Gasteiger partial charge in [0, 0.05) is 13.1 Å². The Kier molecular flexibility index (Phi) is 1.94. The fourth-order valence-electron chi connectivity index (χ4n) is 1.78. The number of amides is 1. The molecule has 1 amide bonds. The van der Waals surface area contributed by atoms with E-state index in [0.29, 0.717) is 0 Å². The van der Waals surface area contributed by atoms with E-state index >= 15 is 0 Å². The van der Waals surface area contributed by atoms with Gasteiger partial charge in [-0.05, 0) is 17.5 Å². The van der Waals surface area contributed by atoms with Crippen LogP contribution in [0.25, 0.3) is 15.9 Å². The Bertz CT molecular complexity index is 683. The maximum Gasteiger partial charge on any atom is 0.221 e. The average Bonchev–Trinajstić information content (AvgIpc) is 2.82. The van der Waals surface area contributed by atoms with Crippen LogP contribution in [0, 0.1) is 0 Å². The van der Waals surface area contributed by atoms with Gasteiger partial charge in [0.25, 0.3) is 0 Å². The van der Waals surface area contributed by atoms with E-state index in [1.165, 1.54) is 6.92 Å². The highest BCUT2D eigenvalue weighted by molar-refractivity contribution is 7.16. The van der Waals surface area contributed by atoms with Crippen molar-refractivity contribution in [3.8, 4) is 0 Å². The molecule has 0 unspecified atom stereocenters. The predicted molar refractivity (Wildman–Crippen MR) is 64.9 cm³/mol. The van der Waals surface area contributed by atoms with Gasteiger partial charge in [0.15, 0.2) is 0 Å². The van der Waals surface area contributed by atoms with Gasteiger partial charge in [-0.1, -0.05) is 0 Å². The highest BCUT2D eigenvalue weighted by Gasteiger charge is 2.07. The standard InChI is InChI=1S/C11H9N3OS/c1-7(15)13-8-2-4-14-9-3-5-16-11(9)12-6-10(8)14/h2-6H,1H3,(H,13,15). The zero-order valence-corrected chi connectivity index (χ0v) is 9.41. The van der Waals surface area contributed by atoms with Crippen LogP contribution in [0.3, 0.4) is 0 Å². The van der Waals surface area contributed by atoms with Gasteiger partial charge < -0.3 is 9.72 Å². The molecule has 0 saturated carbocycles. The first-order chi connectivity index (χ1) is 7.75. The third kappa shape index (κ3) is 1.29. The summed E-state index contributed by atoms with van der Waals surface area (Å²) < 4.78 is 2.03. The molecular formula is C11H9N3OS. The van der Waals surface area contributed by atoms with E-state index in [-0.39, 0.29) is 5.91 Å². The number of hydrogen-bond acceptors (Lipinski definition) is 3. The van der Waals surface area contributed by atoms with Crippen molar-refractivity contribution in [1.82, 2.24) is 9.38 Å². The fraction of sp³-hybridized carbons (Fsp3) is 0.0909. The van der Waals surface area contributed by atoms with Crippen LogP contribution in [0.2, 0.25) is 0 Å². The van der Waals surface area contributed by atoms with Crippen LogP contribution < -0.4 is 5.32 Å². The molecule has 0 bridgehead atoms. The Hall–Kier alpha value is -1.88. The molecule has 0 aliphatic heterocycles. The average molecular weight is 231 g/mol. The lowest BCUT2D eigenvalue weighted by atomic mass is 10.4. The van der Waals surface area contributed by atoms with E-state index in [1.807, 2.05) is 28.1 Å². The van der Waals surface area contributed by atoms with Crippen molar-refractivity contribution in [2.75, 3.05) is 5.32 Å². The van der Waals surface area contributed by atoms with Crippen LogP contribution in [0.4, 0.5) is 5.69 Å². The monoisotopic (exact) mass is 231 g/mol. The summed E-state index contributed by atoms with van der Waals surface area (Å²) in [4.78, 5) is 16.4. The number of nitrogens with one attached hydrogen (secondary N) is 1. The molecule has 3 rings (SSSR count). The van der Waals surface area contributed by atoms with E-state index in [1.54, 1.807) is 17.5 Å². The van der Waals surface area contributed by atoms with Gasteiger partial charge >= 0.3 is 0 Å². The van der Waals surface area contributed by atoms with Gasteiger partial charge in [-0.2, -0.15) is 0 Å². The van der Waals surface area contributed by atoms with Crippen molar-refractivity contribution in [3.05, 3.63) is 29.9 Å². The molecule has 1 N–H and O–H groups in total. The maximum atomic E-state index is 11.0. The Morgan fingerprint density at radius 1 is 1.44 bits per heavy atom. The minimum absolute atomic E-state index is 0.0708. The molecule has 0 aromatic carbocycles. The van der Waals surface area contributed by atoms with Crippen molar-refractivity contribution < 1.29 is 4.79 Å². The smallest absolute Gasteiger partial charge is 0.221 e. The summed E-state index contributed by atoms with van der Waals surface area (Å²) >= 11 is 1.61. The zero-order valence-electron chi connectivity index (χ0n) is 8.60. The Balaban J connectivity index is 2.30. The SMILES string of the molecule is CC(=O)Nc1ccn2c1cnc1sccc12. The minimum Gasteiger partial charge on any atom is -0.324 e. The van der Waals surface area contributed by atoms with Crippen molar-refractivity contribution >= 4 is 38.8 Å². The van der Waals surface area contributed by atoms with E-state index < -0.39 is 0 Å². The molecule has 3 aromatic heterocycles. The molecule has 16 heavy (non-hydrogen) atoms. The van der Waals surface area contributed by atoms with Crippen LogP contribution in [0.5, 0.6) is 0 Å². The molecule has 0 aliphatic carbocycles. The lowest BCUT2D eigenvalue weighted by molar-refractivity contribution is -0.114. The third-order valence-electron chi connectivity index (χ3n) is 2.42. The topological polar surface area (TPSA) is 46.4 Å². The second-order valence-electron chi connectivity index (χ2n) is 3.54. The number of rotatable bonds is 1. The van der Waals surface area contributed by atoms with E-state index in [2.05, 4.69) is 10.3 Å². The van der Waals surface area contributed by atoms with Crippen molar-refractivity contribution in [1.29, 1.82) is 0 Å². The Morgan fingerprint density at radius 2 is 2.31 bits per heavy atom. The molecular weight excluding hydrogens is 222 g/mol. The second-order valence-corrected chi connectivity index (χ2v) is 4.43. The second kappa shape index (κ2) is 3.31. The predicted octanol–water partition coefficient (Wildman–Crippen LogP) is 2.51. The van der Waals surface area contributed by atoms with Crippen molar-refractivity contribution in [2.24, 2.45) is 0 Å². The lowest BCUT2D eigenvalue weighted by Crippen LogP contribution is -2.05. The summed E-state index contributed by atoms with van der Waals surface area (Å²) in [6.45, 7) is 1.50. The molecule has 3 aromatic rings. The van der Waals surface area contributed by atoms with Crippen LogP contribution in [0.1, 0.15) is 6.92 Å². The van der Waals surface area contributed by atoms with Gasteiger partial charge in [0.1, 0.15) is 4.83 Å². The number of thiophene rings is 1. The number of carbonyl (C=O) groups excluding carboxylic acids is 1. The first-order valence-corrected chi connectivity index (χ1v) is 5.74. The highest BCUT2D eigenvalue weighted by atomic mass is 32.1. The van der Waals surface area contributed by atoms with Gasteiger partial charge in [0.2, 0.25) is 5.91 Å². The molecule has 0 aliphatic rings. The van der Waals surface area contributed by atoms with Crippen LogP contribution >= 0.6 is 11.3 Å². The number of nitrogens with zero attached hydrogens (tertiary/aromatic N) is 2. The number of aromatic nitrogens is 2. The van der Waals surface area contributed by atoms with Gasteiger partial charge in [-0.3, -0.25) is 4.79 Å². The fourth-order valence-corrected chi connectivity index (χ4v) is 2.50. The summed E-state index contributed by atoms with van der Waals surface area (Å²) in [5, 5.41) is 4.80. The molecule has 0 radical (unpaired) electrons. The van der Waals surface area contributed by atoms with E-state index in [9.17, 15) is 4.79 Å². The summed E-state index contributed by atoms with van der Waals surface area (Å²) in [6, 6.07) is 3.91. The first-order valence-electron chi connectivity index (χ1n) is 4.86. The normalized spacial score (nSPS) is 11.1. The summed E-state index contributed by atoms with van der Waals surface area (Å²) in [5.41, 5.74) is 2.79. The molecule has 80 valence electrons. The molecule has 4 nitrogen and oxygen atoms in total. The quantitative estimate of drug-likeness (QED) is 0.699. The number of anilines is 1. The minimum atomic E-state index is -0.0708. The molecule has 5 heteroatoms. The lowest BCUT2D eigenvalue weighted by Gasteiger charge is -2.01. The number of hydrogen-bond donors (Lipinski definition) is 1. The molecule has 0 saturated heterocycles. The Labute approximate surface area is 95.5 Å². The molecule has 3 heterocycles. The highest BCUT2D eigenvalue weighted by Crippen LogP contribution is 2.25. The largest absolute Gasteiger partial charge is 0.324 e. The van der Waals surface area contributed by atoms with Crippen LogP contribution in [-0.4, -0.2) is 15.3 Å².